The second-order valence-corrected chi connectivity index (χ2v) is 9.15. The number of hydrogen-bond acceptors (Lipinski definition) is 8. The molecular formula is C24H39ClN6O3. The Balaban J connectivity index is 0.00000408. The van der Waals surface area contributed by atoms with E-state index in [1.807, 2.05) is 0 Å². The van der Waals surface area contributed by atoms with Gasteiger partial charge in [-0.3, -0.25) is 0 Å². The molecule has 0 aliphatic carbocycles. The summed E-state index contributed by atoms with van der Waals surface area (Å²) in [5.41, 5.74) is 6.06. The average molecular weight is 495 g/mol. The van der Waals surface area contributed by atoms with E-state index in [1.165, 1.54) is 5.56 Å². The molecule has 1 fully saturated rings. The fourth-order valence-corrected chi connectivity index (χ4v) is 3.45. The number of quaternary nitrogens is 1. The maximum absolute atomic E-state index is 5.71. The highest BCUT2D eigenvalue weighted by Gasteiger charge is 2.17. The van der Waals surface area contributed by atoms with Crippen molar-refractivity contribution in [3.8, 4) is 11.4 Å². The first-order valence-corrected chi connectivity index (χ1v) is 11.9. The van der Waals surface area contributed by atoms with E-state index >= 15 is 0 Å². The first kappa shape index (κ1) is 28.2. The van der Waals surface area contributed by atoms with Gasteiger partial charge >= 0.3 is 0 Å². The van der Waals surface area contributed by atoms with Crippen LogP contribution in [0.4, 0.5) is 11.9 Å². The second-order valence-electron chi connectivity index (χ2n) is 9.15. The van der Waals surface area contributed by atoms with Gasteiger partial charge in [0.1, 0.15) is 0 Å². The molecule has 2 aromatic rings. The number of nitrogens with zero attached hydrogens (tertiary/aromatic N) is 3. The largest absolute Gasteiger partial charge is 1.00 e. The summed E-state index contributed by atoms with van der Waals surface area (Å²) in [6.45, 7) is 11.8. The number of aromatic nitrogens is 3. The standard InChI is InChI=1S/C24H38N6O3.ClH/c1-24(2,3)19-8-6-18(7-9-19)21-28-22(26-11-14-32-16-15-31-13-10-25)30-23(29-21)27-17-20-5-4-12-33-20;/h6-9,20H,4-5,10-17,25H2,1-3H3,(H2,26,27,28,29,30);1H. The Bertz CT molecular complexity index is 842. The van der Waals surface area contributed by atoms with Crippen molar-refractivity contribution in [2.75, 3.05) is 63.3 Å². The van der Waals surface area contributed by atoms with Gasteiger partial charge < -0.3 is 43.0 Å². The fourth-order valence-electron chi connectivity index (χ4n) is 3.45. The van der Waals surface area contributed by atoms with Crippen LogP contribution in [0.2, 0.25) is 0 Å². The van der Waals surface area contributed by atoms with E-state index in [4.69, 9.17) is 14.2 Å². The van der Waals surface area contributed by atoms with Gasteiger partial charge in [0.2, 0.25) is 11.9 Å². The zero-order valence-electron chi connectivity index (χ0n) is 20.6. The summed E-state index contributed by atoms with van der Waals surface area (Å²) < 4.78 is 16.7. The van der Waals surface area contributed by atoms with Crippen LogP contribution in [0.15, 0.2) is 24.3 Å². The molecule has 1 aliphatic heterocycles. The van der Waals surface area contributed by atoms with Crippen molar-refractivity contribution in [1.29, 1.82) is 0 Å². The van der Waals surface area contributed by atoms with E-state index < -0.39 is 0 Å². The summed E-state index contributed by atoms with van der Waals surface area (Å²) in [6.07, 6.45) is 2.36. The minimum Gasteiger partial charge on any atom is -1.00 e. The van der Waals surface area contributed by atoms with Crippen LogP contribution in [-0.2, 0) is 19.6 Å². The van der Waals surface area contributed by atoms with Gasteiger partial charge in [0.05, 0.1) is 39.1 Å². The van der Waals surface area contributed by atoms with Gasteiger partial charge in [0.15, 0.2) is 5.82 Å². The zero-order chi connectivity index (χ0) is 23.5. The molecule has 2 heterocycles. The Kier molecular flexibility index (Phi) is 11.9. The predicted molar refractivity (Wildman–Crippen MR) is 129 cm³/mol. The van der Waals surface area contributed by atoms with Crippen molar-refractivity contribution in [3.63, 3.8) is 0 Å². The van der Waals surface area contributed by atoms with Crippen LogP contribution >= 0.6 is 0 Å². The van der Waals surface area contributed by atoms with E-state index in [9.17, 15) is 0 Å². The van der Waals surface area contributed by atoms with Crippen molar-refractivity contribution in [1.82, 2.24) is 15.0 Å². The summed E-state index contributed by atoms with van der Waals surface area (Å²) >= 11 is 0. The first-order valence-electron chi connectivity index (χ1n) is 11.9. The van der Waals surface area contributed by atoms with Gasteiger partial charge in [-0.2, -0.15) is 15.0 Å². The average Bonchev–Trinajstić information content (AvgIpc) is 3.33. The van der Waals surface area contributed by atoms with Crippen molar-refractivity contribution in [2.45, 2.75) is 45.1 Å². The third-order valence-electron chi connectivity index (χ3n) is 5.35. The quantitative estimate of drug-likeness (QED) is 0.307. The number of halogens is 1. The second kappa shape index (κ2) is 14.4. The van der Waals surface area contributed by atoms with Gasteiger partial charge in [-0.1, -0.05) is 45.0 Å². The smallest absolute Gasteiger partial charge is 0.228 e. The molecule has 10 heteroatoms. The third-order valence-corrected chi connectivity index (χ3v) is 5.35. The van der Waals surface area contributed by atoms with E-state index in [0.717, 1.165) is 31.6 Å². The van der Waals surface area contributed by atoms with Crippen LogP contribution in [0.25, 0.3) is 11.4 Å². The zero-order valence-corrected chi connectivity index (χ0v) is 21.4. The van der Waals surface area contributed by atoms with E-state index in [0.29, 0.717) is 57.2 Å². The Morgan fingerprint density at radius 1 is 0.971 bits per heavy atom. The van der Waals surface area contributed by atoms with Crippen LogP contribution in [0.1, 0.15) is 39.2 Å². The molecule has 0 amide bonds. The Morgan fingerprint density at radius 2 is 1.65 bits per heavy atom. The van der Waals surface area contributed by atoms with Crippen LogP contribution in [0.5, 0.6) is 0 Å². The summed E-state index contributed by atoms with van der Waals surface area (Å²) in [6, 6.07) is 8.41. The van der Waals surface area contributed by atoms with Crippen molar-refractivity contribution in [2.24, 2.45) is 0 Å². The molecule has 1 aliphatic rings. The fraction of sp³-hybridized carbons (Fsp3) is 0.625. The lowest BCUT2D eigenvalue weighted by Gasteiger charge is -2.19. The van der Waals surface area contributed by atoms with E-state index in [-0.39, 0.29) is 23.9 Å². The van der Waals surface area contributed by atoms with Gasteiger partial charge in [-0.25, -0.2) is 0 Å². The van der Waals surface area contributed by atoms with Gasteiger partial charge in [-0.05, 0) is 23.8 Å². The maximum Gasteiger partial charge on any atom is 0.228 e. The molecule has 1 aromatic heterocycles. The predicted octanol–water partition coefficient (Wildman–Crippen LogP) is -0.882. The van der Waals surface area contributed by atoms with Gasteiger partial charge in [0.25, 0.3) is 0 Å². The molecule has 0 spiro atoms. The lowest BCUT2D eigenvalue weighted by molar-refractivity contribution is -0.374. The van der Waals surface area contributed by atoms with E-state index in [2.05, 4.69) is 76.4 Å². The van der Waals surface area contributed by atoms with Crippen LogP contribution in [0, 0.1) is 0 Å². The third kappa shape index (κ3) is 9.31. The lowest BCUT2D eigenvalue weighted by atomic mass is 9.87. The van der Waals surface area contributed by atoms with Crippen LogP contribution in [0.3, 0.4) is 0 Å². The summed E-state index contributed by atoms with van der Waals surface area (Å²) in [5, 5.41) is 6.57. The minimum absolute atomic E-state index is 0. The lowest BCUT2D eigenvalue weighted by Crippen LogP contribution is -3.00. The van der Waals surface area contributed by atoms with Crippen LogP contribution in [-0.4, -0.2) is 73.7 Å². The molecule has 0 bridgehead atoms. The van der Waals surface area contributed by atoms with Crippen molar-refractivity contribution < 1.29 is 32.4 Å². The summed E-state index contributed by atoms with van der Waals surface area (Å²) in [7, 11) is 0. The maximum atomic E-state index is 5.71. The number of anilines is 2. The first-order chi connectivity index (χ1) is 16.0. The van der Waals surface area contributed by atoms with Gasteiger partial charge in [-0.15, -0.1) is 0 Å². The molecule has 34 heavy (non-hydrogen) atoms. The normalized spacial score (nSPS) is 15.7. The number of ether oxygens (including phenoxy) is 3. The van der Waals surface area contributed by atoms with Crippen LogP contribution < -0.4 is 28.8 Å². The molecule has 9 nitrogen and oxygen atoms in total. The molecule has 1 saturated heterocycles. The number of rotatable bonds is 13. The molecule has 1 unspecified atom stereocenters. The van der Waals surface area contributed by atoms with Crippen molar-refractivity contribution in [3.05, 3.63) is 29.8 Å². The number of hydrogen-bond donors (Lipinski definition) is 3. The Morgan fingerprint density at radius 3 is 2.26 bits per heavy atom. The topological polar surface area (TPSA) is 118 Å². The number of nitrogens with one attached hydrogen (secondary N) is 2. The molecule has 1 atom stereocenters. The van der Waals surface area contributed by atoms with Crippen molar-refractivity contribution >= 4 is 11.9 Å². The highest BCUT2D eigenvalue weighted by atomic mass is 35.5. The summed E-state index contributed by atoms with van der Waals surface area (Å²) in [4.78, 5) is 13.9. The molecular weight excluding hydrogens is 456 g/mol. The van der Waals surface area contributed by atoms with E-state index in [1.54, 1.807) is 0 Å². The molecule has 190 valence electrons. The van der Waals surface area contributed by atoms with Gasteiger partial charge in [0, 0.05) is 25.3 Å². The molecule has 3 rings (SSSR count). The minimum atomic E-state index is 0. The summed E-state index contributed by atoms with van der Waals surface area (Å²) in [5.74, 6) is 1.69. The Hall–Kier alpha value is -2.04. The molecule has 0 saturated carbocycles. The number of benzene rings is 1. The molecule has 0 radical (unpaired) electrons. The highest BCUT2D eigenvalue weighted by molar-refractivity contribution is 5.58. The monoisotopic (exact) mass is 494 g/mol. The highest BCUT2D eigenvalue weighted by Crippen LogP contribution is 2.25. The molecule has 1 aromatic carbocycles. The Labute approximate surface area is 209 Å². The SMILES string of the molecule is CC(C)(C)c1ccc(-c2nc(NCCOCCOCC[NH3+])nc(NCC3CCCO3)n2)cc1.[Cl-]. The molecule has 5 N–H and O–H groups in total.